The van der Waals surface area contributed by atoms with Crippen LogP contribution in [0.1, 0.15) is 57.8 Å². The molecule has 0 aromatic carbocycles. The number of hydrogen-bond acceptors (Lipinski definition) is 3. The predicted molar refractivity (Wildman–Crippen MR) is 93.8 cm³/mol. The molecule has 1 aliphatic heterocycles. The van der Waals surface area contributed by atoms with Gasteiger partial charge in [-0.15, -0.1) is 0 Å². The lowest BCUT2D eigenvalue weighted by molar-refractivity contribution is -0.122. The Morgan fingerprint density at radius 2 is 1.79 bits per heavy atom. The third-order valence-electron chi connectivity index (χ3n) is 5.16. The van der Waals surface area contributed by atoms with E-state index in [9.17, 15) is 9.59 Å². The van der Waals surface area contributed by atoms with Crippen molar-refractivity contribution in [1.29, 1.82) is 0 Å². The maximum absolute atomic E-state index is 12.3. The van der Waals surface area contributed by atoms with E-state index >= 15 is 0 Å². The fraction of sp³-hybridized carbons (Fsp3) is 0.889. The molecule has 6 heteroatoms. The Morgan fingerprint density at radius 3 is 2.46 bits per heavy atom. The second-order valence-corrected chi connectivity index (χ2v) is 7.12. The van der Waals surface area contributed by atoms with Crippen molar-refractivity contribution in [2.24, 2.45) is 5.92 Å². The molecule has 0 aromatic rings. The van der Waals surface area contributed by atoms with Gasteiger partial charge in [0.1, 0.15) is 0 Å². The third-order valence-corrected chi connectivity index (χ3v) is 5.16. The maximum atomic E-state index is 12.3. The molecule has 0 aromatic heterocycles. The van der Waals surface area contributed by atoms with Gasteiger partial charge in [0, 0.05) is 45.8 Å². The van der Waals surface area contributed by atoms with E-state index in [1.165, 1.54) is 19.3 Å². The van der Waals surface area contributed by atoms with Crippen molar-refractivity contribution in [3.05, 3.63) is 0 Å². The summed E-state index contributed by atoms with van der Waals surface area (Å²) in [5.74, 6) is 0.516. The van der Waals surface area contributed by atoms with E-state index in [1.54, 1.807) is 7.11 Å². The van der Waals surface area contributed by atoms with Gasteiger partial charge in [-0.3, -0.25) is 4.79 Å². The number of rotatable bonds is 7. The average Bonchev–Trinajstić information content (AvgIpc) is 2.60. The molecule has 24 heavy (non-hydrogen) atoms. The standard InChI is InChI=1S/C18H33N3O3/c1-24-13-5-10-19-17(22)14-15-8-11-21(12-9-15)18(23)20-16-6-3-2-4-7-16/h15-16H,2-14H2,1H3,(H,19,22)(H,20,23). The third kappa shape index (κ3) is 6.67. The zero-order valence-electron chi connectivity index (χ0n) is 15.0. The van der Waals surface area contributed by atoms with Crippen molar-refractivity contribution < 1.29 is 14.3 Å². The lowest BCUT2D eigenvalue weighted by Gasteiger charge is -2.33. The molecule has 2 aliphatic rings. The van der Waals surface area contributed by atoms with E-state index in [1.807, 2.05) is 4.90 Å². The molecule has 138 valence electrons. The lowest BCUT2D eigenvalue weighted by Crippen LogP contribution is -2.48. The topological polar surface area (TPSA) is 70.7 Å². The summed E-state index contributed by atoms with van der Waals surface area (Å²) in [6.07, 6.45) is 9.25. The Hall–Kier alpha value is -1.30. The number of methoxy groups -OCH3 is 1. The summed E-state index contributed by atoms with van der Waals surface area (Å²) < 4.78 is 4.97. The first-order valence-electron chi connectivity index (χ1n) is 9.50. The Bertz CT molecular complexity index is 389. The van der Waals surface area contributed by atoms with Crippen molar-refractivity contribution in [2.75, 3.05) is 33.4 Å². The molecule has 2 N–H and O–H groups in total. The Morgan fingerprint density at radius 1 is 1.08 bits per heavy atom. The van der Waals surface area contributed by atoms with E-state index in [0.29, 0.717) is 31.5 Å². The molecule has 2 rings (SSSR count). The monoisotopic (exact) mass is 339 g/mol. The Balaban J connectivity index is 1.60. The highest BCUT2D eigenvalue weighted by Crippen LogP contribution is 2.22. The van der Waals surface area contributed by atoms with Crippen LogP contribution in [0.25, 0.3) is 0 Å². The van der Waals surface area contributed by atoms with E-state index in [2.05, 4.69) is 10.6 Å². The Kier molecular flexibility index (Phi) is 8.36. The molecule has 0 radical (unpaired) electrons. The summed E-state index contributed by atoms with van der Waals surface area (Å²) in [6.45, 7) is 2.88. The van der Waals surface area contributed by atoms with Crippen LogP contribution in [0.15, 0.2) is 0 Å². The van der Waals surface area contributed by atoms with E-state index in [4.69, 9.17) is 4.74 Å². The summed E-state index contributed by atoms with van der Waals surface area (Å²) >= 11 is 0. The molecule has 3 amide bonds. The van der Waals surface area contributed by atoms with Gasteiger partial charge in [0.05, 0.1) is 0 Å². The smallest absolute Gasteiger partial charge is 0.317 e. The summed E-state index contributed by atoms with van der Waals surface area (Å²) in [5, 5.41) is 6.12. The van der Waals surface area contributed by atoms with Gasteiger partial charge in [0.15, 0.2) is 0 Å². The number of nitrogens with one attached hydrogen (secondary N) is 2. The quantitative estimate of drug-likeness (QED) is 0.699. The van der Waals surface area contributed by atoms with Crippen LogP contribution in [0.3, 0.4) is 0 Å². The van der Waals surface area contributed by atoms with E-state index in [-0.39, 0.29) is 11.9 Å². The van der Waals surface area contributed by atoms with E-state index in [0.717, 1.165) is 45.2 Å². The fourth-order valence-electron chi connectivity index (χ4n) is 3.63. The molecule has 0 bridgehead atoms. The molecular weight excluding hydrogens is 306 g/mol. The first kappa shape index (κ1) is 19.0. The van der Waals surface area contributed by atoms with Gasteiger partial charge < -0.3 is 20.3 Å². The number of carbonyl (C=O) groups is 2. The van der Waals surface area contributed by atoms with Gasteiger partial charge in [0.25, 0.3) is 0 Å². The molecule has 0 spiro atoms. The minimum Gasteiger partial charge on any atom is -0.385 e. The van der Waals surface area contributed by atoms with Gasteiger partial charge in [-0.25, -0.2) is 4.79 Å². The average molecular weight is 339 g/mol. The molecule has 2 fully saturated rings. The minimum atomic E-state index is 0.0874. The maximum Gasteiger partial charge on any atom is 0.317 e. The van der Waals surface area contributed by atoms with Crippen molar-refractivity contribution in [3.8, 4) is 0 Å². The molecular formula is C18H33N3O3. The number of piperidine rings is 1. The van der Waals surface area contributed by atoms with Crippen LogP contribution in [-0.4, -0.2) is 56.2 Å². The summed E-state index contributed by atoms with van der Waals surface area (Å²) in [4.78, 5) is 26.1. The van der Waals surface area contributed by atoms with Crippen molar-refractivity contribution in [3.63, 3.8) is 0 Å². The fourth-order valence-corrected chi connectivity index (χ4v) is 3.63. The molecule has 1 saturated carbocycles. The van der Waals surface area contributed by atoms with Gasteiger partial charge in [-0.2, -0.15) is 0 Å². The largest absolute Gasteiger partial charge is 0.385 e. The molecule has 0 unspecified atom stereocenters. The number of hydrogen-bond donors (Lipinski definition) is 2. The SMILES string of the molecule is COCCCNC(=O)CC1CCN(C(=O)NC2CCCCC2)CC1. The second kappa shape index (κ2) is 10.5. The van der Waals surface area contributed by atoms with Gasteiger partial charge in [-0.05, 0) is 38.0 Å². The minimum absolute atomic E-state index is 0.0874. The number of ether oxygens (including phenoxy) is 1. The molecule has 1 aliphatic carbocycles. The van der Waals surface area contributed by atoms with Crippen molar-refractivity contribution >= 4 is 11.9 Å². The van der Waals surface area contributed by atoms with Gasteiger partial charge in [-0.1, -0.05) is 19.3 Å². The summed E-state index contributed by atoms with van der Waals surface area (Å²) in [6, 6.07) is 0.450. The summed E-state index contributed by atoms with van der Waals surface area (Å²) in [7, 11) is 1.67. The number of nitrogens with zero attached hydrogens (tertiary/aromatic N) is 1. The first-order valence-corrected chi connectivity index (χ1v) is 9.50. The number of carbonyl (C=O) groups excluding carboxylic acids is 2. The number of urea groups is 1. The normalized spacial score (nSPS) is 20.0. The van der Waals surface area contributed by atoms with Gasteiger partial charge in [0.2, 0.25) is 5.91 Å². The second-order valence-electron chi connectivity index (χ2n) is 7.12. The van der Waals surface area contributed by atoms with Crippen LogP contribution in [0, 0.1) is 5.92 Å². The Labute approximate surface area is 145 Å². The van der Waals surface area contributed by atoms with Crippen LogP contribution >= 0.6 is 0 Å². The van der Waals surface area contributed by atoms with Crippen LogP contribution in [0.2, 0.25) is 0 Å². The summed E-state index contributed by atoms with van der Waals surface area (Å²) in [5.41, 5.74) is 0. The highest BCUT2D eigenvalue weighted by molar-refractivity contribution is 5.76. The zero-order chi connectivity index (χ0) is 17.2. The molecule has 1 saturated heterocycles. The first-order chi connectivity index (χ1) is 11.7. The zero-order valence-corrected chi connectivity index (χ0v) is 15.0. The number of amides is 3. The van der Waals surface area contributed by atoms with E-state index < -0.39 is 0 Å². The number of likely N-dealkylation sites (tertiary alicyclic amines) is 1. The highest BCUT2D eigenvalue weighted by Gasteiger charge is 2.26. The molecule has 1 heterocycles. The van der Waals surface area contributed by atoms with Crippen molar-refractivity contribution in [1.82, 2.24) is 15.5 Å². The lowest BCUT2D eigenvalue weighted by atomic mass is 9.93. The highest BCUT2D eigenvalue weighted by atomic mass is 16.5. The van der Waals surface area contributed by atoms with Crippen LogP contribution in [0.5, 0.6) is 0 Å². The van der Waals surface area contributed by atoms with Crippen LogP contribution in [0.4, 0.5) is 4.79 Å². The van der Waals surface area contributed by atoms with Crippen LogP contribution in [-0.2, 0) is 9.53 Å². The van der Waals surface area contributed by atoms with Crippen LogP contribution < -0.4 is 10.6 Å². The molecule has 6 nitrogen and oxygen atoms in total. The van der Waals surface area contributed by atoms with Gasteiger partial charge >= 0.3 is 6.03 Å². The molecule has 0 atom stereocenters. The predicted octanol–water partition coefficient (Wildman–Crippen LogP) is 2.28. The van der Waals surface area contributed by atoms with Crippen molar-refractivity contribution in [2.45, 2.75) is 63.8 Å².